The van der Waals surface area contributed by atoms with Crippen molar-refractivity contribution in [3.05, 3.63) is 51.2 Å². The number of nitrogens with zero attached hydrogens (tertiary/aromatic N) is 1. The van der Waals surface area contributed by atoms with Gasteiger partial charge in [0.2, 0.25) is 10.0 Å². The summed E-state index contributed by atoms with van der Waals surface area (Å²) in [7, 11) is -2.12. The predicted molar refractivity (Wildman–Crippen MR) is 96.7 cm³/mol. The van der Waals surface area contributed by atoms with Crippen molar-refractivity contribution in [1.29, 1.82) is 0 Å². The number of halogens is 2. The Morgan fingerprint density at radius 1 is 1.28 bits per heavy atom. The smallest absolute Gasteiger partial charge is 0.271 e. The number of sulfonamides is 1. The van der Waals surface area contributed by atoms with Crippen LogP contribution in [0.2, 0.25) is 5.02 Å². The maximum absolute atomic E-state index is 14.1. The van der Waals surface area contributed by atoms with E-state index in [4.69, 9.17) is 11.6 Å². The molecule has 25 heavy (non-hydrogen) atoms. The molecule has 3 rings (SSSR count). The van der Waals surface area contributed by atoms with E-state index in [9.17, 15) is 17.6 Å². The van der Waals surface area contributed by atoms with E-state index in [1.165, 1.54) is 29.9 Å². The molecule has 1 fully saturated rings. The summed E-state index contributed by atoms with van der Waals surface area (Å²) in [6.45, 7) is 1.74. The Morgan fingerprint density at radius 2 is 1.96 bits per heavy atom. The molecule has 2 aromatic rings. The molecule has 1 heterocycles. The predicted octanol–water partition coefficient (Wildman–Crippen LogP) is 3.13. The molecule has 0 radical (unpaired) electrons. The quantitative estimate of drug-likeness (QED) is 0.828. The van der Waals surface area contributed by atoms with Crippen LogP contribution < -0.4 is 15.6 Å². The van der Waals surface area contributed by atoms with Gasteiger partial charge in [-0.05, 0) is 37.5 Å². The summed E-state index contributed by atoms with van der Waals surface area (Å²) in [6.07, 6.45) is 2.50. The molecule has 1 aromatic heterocycles. The first-order valence-electron chi connectivity index (χ1n) is 7.63. The average Bonchev–Trinajstić information content (AvgIpc) is 3.36. The van der Waals surface area contributed by atoms with Gasteiger partial charge in [-0.1, -0.05) is 17.7 Å². The van der Waals surface area contributed by atoms with Crippen molar-refractivity contribution < 1.29 is 12.8 Å². The molecule has 0 saturated heterocycles. The third-order valence-corrected chi connectivity index (χ3v) is 6.12. The molecule has 0 aliphatic heterocycles. The van der Waals surface area contributed by atoms with Gasteiger partial charge in [-0.2, -0.15) is 0 Å². The first kappa shape index (κ1) is 17.8. The number of hydrogen-bond donors (Lipinski definition) is 2. The molecule has 0 unspecified atom stereocenters. The van der Waals surface area contributed by atoms with Crippen molar-refractivity contribution in [3.8, 4) is 0 Å². The number of aryl methyl sites for hydroxylation is 2. The van der Waals surface area contributed by atoms with E-state index in [0.29, 0.717) is 12.8 Å². The zero-order valence-corrected chi connectivity index (χ0v) is 15.2. The number of hydrogen-bond acceptors (Lipinski definition) is 4. The molecule has 0 atom stereocenters. The van der Waals surface area contributed by atoms with Crippen molar-refractivity contribution in [2.45, 2.75) is 25.0 Å². The summed E-state index contributed by atoms with van der Waals surface area (Å²) in [4.78, 5) is 12.1. The Labute approximate surface area is 149 Å². The second kappa shape index (κ2) is 6.34. The largest absolute Gasteiger partial charge is 0.350 e. The van der Waals surface area contributed by atoms with Crippen LogP contribution >= 0.6 is 11.6 Å². The highest BCUT2D eigenvalue weighted by Crippen LogP contribution is 2.35. The van der Waals surface area contributed by atoms with E-state index in [1.807, 2.05) is 0 Å². The summed E-state index contributed by atoms with van der Waals surface area (Å²) >= 11 is 6.11. The Hall–Kier alpha value is -2.06. The minimum absolute atomic E-state index is 0.0248. The van der Waals surface area contributed by atoms with Crippen LogP contribution in [0.5, 0.6) is 0 Å². The number of anilines is 3. The lowest BCUT2D eigenvalue weighted by molar-refractivity contribution is 0.600. The van der Waals surface area contributed by atoms with E-state index >= 15 is 0 Å². The van der Waals surface area contributed by atoms with Crippen LogP contribution in [0, 0.1) is 12.7 Å². The van der Waals surface area contributed by atoms with Gasteiger partial charge in [0.05, 0.1) is 22.3 Å². The molecule has 6 nitrogen and oxygen atoms in total. The number of benzene rings is 1. The molecule has 2 N–H and O–H groups in total. The molecule has 1 saturated carbocycles. The van der Waals surface area contributed by atoms with Crippen LogP contribution in [0.25, 0.3) is 0 Å². The van der Waals surface area contributed by atoms with Crippen molar-refractivity contribution in [2.24, 2.45) is 7.05 Å². The monoisotopic (exact) mass is 385 g/mol. The first-order chi connectivity index (χ1) is 11.7. The normalized spacial score (nSPS) is 14.4. The molecule has 1 aliphatic carbocycles. The lowest BCUT2D eigenvalue weighted by Gasteiger charge is -2.17. The standard InChI is InChI=1S/C16H17ClFN3O3S/c1-9-3-6-12(11(18)7-9)19-15-13(8-21(2)16(22)14(15)17)20-25(23,24)10-4-5-10/h3,6-8,10,19-20H,4-5H2,1-2H3. The van der Waals surface area contributed by atoms with Gasteiger partial charge >= 0.3 is 0 Å². The van der Waals surface area contributed by atoms with Gasteiger partial charge in [0.25, 0.3) is 5.56 Å². The molecule has 0 amide bonds. The molecule has 9 heteroatoms. The minimum Gasteiger partial charge on any atom is -0.350 e. The highest BCUT2D eigenvalue weighted by Gasteiger charge is 2.36. The Kier molecular flexibility index (Phi) is 4.51. The van der Waals surface area contributed by atoms with Crippen LogP contribution in [0.3, 0.4) is 0 Å². The molecule has 1 aromatic carbocycles. The topological polar surface area (TPSA) is 80.2 Å². The second-order valence-corrected chi connectivity index (χ2v) is 8.44. The van der Waals surface area contributed by atoms with E-state index in [-0.39, 0.29) is 22.1 Å². The second-order valence-electron chi connectivity index (χ2n) is 6.10. The fraction of sp³-hybridized carbons (Fsp3) is 0.312. The fourth-order valence-electron chi connectivity index (χ4n) is 2.37. The van der Waals surface area contributed by atoms with E-state index < -0.39 is 26.6 Å². The summed E-state index contributed by atoms with van der Waals surface area (Å²) in [5.41, 5.74) is 0.419. The third kappa shape index (κ3) is 3.64. The van der Waals surface area contributed by atoms with Crippen LogP contribution in [0.4, 0.5) is 21.5 Å². The Morgan fingerprint density at radius 3 is 2.56 bits per heavy atom. The number of nitrogens with one attached hydrogen (secondary N) is 2. The first-order valence-corrected chi connectivity index (χ1v) is 9.55. The SMILES string of the molecule is Cc1ccc(Nc2c(NS(=O)(=O)C3CC3)cn(C)c(=O)c2Cl)c(F)c1. The molecule has 1 aliphatic rings. The summed E-state index contributed by atoms with van der Waals surface area (Å²) in [5, 5.41) is 2.06. The molecule has 134 valence electrons. The van der Waals surface area contributed by atoms with Gasteiger partial charge < -0.3 is 9.88 Å². The molecule has 0 bridgehead atoms. The highest BCUT2D eigenvalue weighted by atomic mass is 35.5. The van der Waals surface area contributed by atoms with Crippen LogP contribution in [-0.2, 0) is 17.1 Å². The molecular formula is C16H17ClFN3O3S. The van der Waals surface area contributed by atoms with Gasteiger partial charge in [0.1, 0.15) is 10.8 Å². The summed E-state index contributed by atoms with van der Waals surface area (Å²) in [5.74, 6) is -0.534. The lowest BCUT2D eigenvalue weighted by atomic mass is 10.2. The zero-order chi connectivity index (χ0) is 18.4. The molecular weight excluding hydrogens is 369 g/mol. The van der Waals surface area contributed by atoms with E-state index in [2.05, 4.69) is 10.0 Å². The van der Waals surface area contributed by atoms with Crippen molar-refractivity contribution >= 4 is 38.7 Å². The average molecular weight is 386 g/mol. The van der Waals surface area contributed by atoms with Crippen LogP contribution in [-0.4, -0.2) is 18.2 Å². The van der Waals surface area contributed by atoms with Gasteiger partial charge in [-0.3, -0.25) is 9.52 Å². The number of pyridine rings is 1. The van der Waals surface area contributed by atoms with Gasteiger partial charge in [0.15, 0.2) is 0 Å². The zero-order valence-electron chi connectivity index (χ0n) is 13.6. The highest BCUT2D eigenvalue weighted by molar-refractivity contribution is 7.93. The van der Waals surface area contributed by atoms with Crippen LogP contribution in [0.15, 0.2) is 29.2 Å². The summed E-state index contributed by atoms with van der Waals surface area (Å²) in [6, 6.07) is 4.51. The number of rotatable bonds is 5. The van der Waals surface area contributed by atoms with Gasteiger partial charge in [-0.25, -0.2) is 12.8 Å². The van der Waals surface area contributed by atoms with E-state index in [0.717, 1.165) is 5.56 Å². The van der Waals surface area contributed by atoms with E-state index in [1.54, 1.807) is 13.0 Å². The maximum Gasteiger partial charge on any atom is 0.271 e. The lowest BCUT2D eigenvalue weighted by Crippen LogP contribution is -2.23. The van der Waals surface area contributed by atoms with Crippen molar-refractivity contribution in [2.75, 3.05) is 10.0 Å². The summed E-state index contributed by atoms with van der Waals surface area (Å²) < 4.78 is 42.2. The van der Waals surface area contributed by atoms with Crippen molar-refractivity contribution in [1.82, 2.24) is 4.57 Å². The Balaban J connectivity index is 2.07. The minimum atomic E-state index is -3.58. The Bertz CT molecular complexity index is 1000. The van der Waals surface area contributed by atoms with Gasteiger partial charge in [-0.15, -0.1) is 0 Å². The third-order valence-electron chi connectivity index (χ3n) is 3.92. The van der Waals surface area contributed by atoms with Crippen LogP contribution in [0.1, 0.15) is 18.4 Å². The molecule has 0 spiro atoms. The van der Waals surface area contributed by atoms with Gasteiger partial charge in [0, 0.05) is 13.2 Å². The van der Waals surface area contributed by atoms with Crippen molar-refractivity contribution in [3.63, 3.8) is 0 Å². The maximum atomic E-state index is 14.1. The number of aromatic nitrogens is 1. The fourth-order valence-corrected chi connectivity index (χ4v) is 4.03.